The van der Waals surface area contributed by atoms with E-state index in [1.54, 1.807) is 7.11 Å². The Morgan fingerprint density at radius 2 is 2.09 bits per heavy atom. The van der Waals surface area contributed by atoms with Gasteiger partial charge >= 0.3 is 0 Å². The van der Waals surface area contributed by atoms with Crippen LogP contribution >= 0.6 is 11.6 Å². The van der Waals surface area contributed by atoms with Gasteiger partial charge in [-0.1, -0.05) is 29.8 Å². The van der Waals surface area contributed by atoms with Crippen LogP contribution in [0, 0.1) is 0 Å². The molecule has 2 N–H and O–H groups in total. The van der Waals surface area contributed by atoms with E-state index in [9.17, 15) is 9.90 Å². The molecule has 2 heterocycles. The zero-order valence-electron chi connectivity index (χ0n) is 18.7. The van der Waals surface area contributed by atoms with Crippen LogP contribution in [-0.4, -0.2) is 50.0 Å². The highest BCUT2D eigenvalue weighted by Gasteiger charge is 2.28. The zero-order chi connectivity index (χ0) is 23.2. The van der Waals surface area contributed by atoms with Crippen LogP contribution in [0.25, 0.3) is 0 Å². The minimum Gasteiger partial charge on any atom is -0.396 e. The lowest BCUT2D eigenvalue weighted by Gasteiger charge is -2.25. The van der Waals surface area contributed by atoms with Gasteiger partial charge in [-0.3, -0.25) is 4.79 Å². The first-order valence-corrected chi connectivity index (χ1v) is 11.5. The largest absolute Gasteiger partial charge is 0.396 e. The van der Waals surface area contributed by atoms with E-state index >= 15 is 0 Å². The van der Waals surface area contributed by atoms with Gasteiger partial charge in [-0.05, 0) is 66.6 Å². The number of halogens is 1. The topological polar surface area (TPSA) is 71.0 Å². The molecule has 174 valence electrons. The van der Waals surface area contributed by atoms with Crippen LogP contribution < -0.4 is 10.2 Å². The van der Waals surface area contributed by atoms with Crippen LogP contribution in [-0.2, 0) is 22.5 Å². The molecule has 4 rings (SSSR count). The summed E-state index contributed by atoms with van der Waals surface area (Å²) < 4.78 is 11.3. The Hall–Kier alpha value is -2.64. The predicted molar refractivity (Wildman–Crippen MR) is 130 cm³/mol. The number of allylic oxidation sites excluding steroid dienone is 2. The highest BCUT2D eigenvalue weighted by Crippen LogP contribution is 2.29. The van der Waals surface area contributed by atoms with Gasteiger partial charge in [-0.25, -0.2) is 0 Å². The molecule has 33 heavy (non-hydrogen) atoms. The number of nitrogens with one attached hydrogen (secondary N) is 1. The molecule has 1 unspecified atom stereocenters. The summed E-state index contributed by atoms with van der Waals surface area (Å²) in [6.45, 7) is 2.03. The molecule has 2 atom stereocenters. The normalized spacial score (nSPS) is 20.0. The summed E-state index contributed by atoms with van der Waals surface area (Å²) >= 11 is 6.25. The van der Waals surface area contributed by atoms with Gasteiger partial charge in [0.15, 0.2) is 12.0 Å². The molecule has 2 aliphatic heterocycles. The number of carbonyl (C=O) groups is 1. The summed E-state index contributed by atoms with van der Waals surface area (Å²) in [6.07, 6.45) is 6.55. The third kappa shape index (κ3) is 5.65. The van der Waals surface area contributed by atoms with Crippen molar-refractivity contribution in [1.82, 2.24) is 5.32 Å². The number of hydrogen-bond donors (Lipinski definition) is 2. The number of ether oxygens (including phenoxy) is 2. The number of ketones is 1. The minimum atomic E-state index is -0.326. The molecule has 7 heteroatoms. The monoisotopic (exact) mass is 468 g/mol. The molecular formula is C26H29ClN2O4. The van der Waals surface area contributed by atoms with Gasteiger partial charge in [-0.15, -0.1) is 0 Å². The first kappa shape index (κ1) is 23.5. The van der Waals surface area contributed by atoms with Crippen molar-refractivity contribution in [3.8, 4) is 0 Å². The van der Waals surface area contributed by atoms with Gasteiger partial charge in [0.2, 0.25) is 0 Å². The SMILES string of the molecule is COCc1cccc(C(=O)c2ccc(N3CC[C@H](OC4NC=CC=C4Cl)C3)c(CCO)c2)c1. The Morgan fingerprint density at radius 1 is 1.24 bits per heavy atom. The Bertz CT molecular complexity index is 1050. The lowest BCUT2D eigenvalue weighted by molar-refractivity contribution is 0.0125. The average molecular weight is 469 g/mol. The zero-order valence-corrected chi connectivity index (χ0v) is 19.4. The van der Waals surface area contributed by atoms with E-state index in [0.717, 1.165) is 36.3 Å². The van der Waals surface area contributed by atoms with Crippen LogP contribution in [0.4, 0.5) is 5.69 Å². The molecule has 6 nitrogen and oxygen atoms in total. The summed E-state index contributed by atoms with van der Waals surface area (Å²) in [6, 6.07) is 13.2. The van der Waals surface area contributed by atoms with E-state index in [1.165, 1.54) is 0 Å². The molecule has 1 saturated heterocycles. The van der Waals surface area contributed by atoms with E-state index in [4.69, 9.17) is 21.1 Å². The molecule has 2 aromatic rings. The van der Waals surface area contributed by atoms with Crippen LogP contribution in [0.15, 0.2) is 65.8 Å². The van der Waals surface area contributed by atoms with E-state index in [0.29, 0.717) is 29.2 Å². The fourth-order valence-electron chi connectivity index (χ4n) is 4.30. The number of hydrogen-bond acceptors (Lipinski definition) is 6. The van der Waals surface area contributed by atoms with Gasteiger partial charge < -0.3 is 24.8 Å². The number of benzene rings is 2. The number of methoxy groups -OCH3 is 1. The predicted octanol–water partition coefficient (Wildman–Crippen LogP) is 3.76. The number of carbonyl (C=O) groups excluding carboxylic acids is 1. The average Bonchev–Trinajstić information content (AvgIpc) is 3.29. The second-order valence-electron chi connectivity index (χ2n) is 8.23. The minimum absolute atomic E-state index is 0.0144. The van der Waals surface area contributed by atoms with Crippen molar-refractivity contribution in [2.75, 3.05) is 31.7 Å². The van der Waals surface area contributed by atoms with Crippen molar-refractivity contribution < 1.29 is 19.4 Å². The lowest BCUT2D eigenvalue weighted by Crippen LogP contribution is -2.35. The highest BCUT2D eigenvalue weighted by atomic mass is 35.5. The molecular weight excluding hydrogens is 440 g/mol. The Kier molecular flexibility index (Phi) is 7.83. The van der Waals surface area contributed by atoms with Crippen molar-refractivity contribution in [1.29, 1.82) is 0 Å². The van der Waals surface area contributed by atoms with Gasteiger partial charge in [-0.2, -0.15) is 0 Å². The quantitative estimate of drug-likeness (QED) is 0.546. The molecule has 0 amide bonds. The lowest BCUT2D eigenvalue weighted by atomic mass is 9.97. The Labute approximate surface area is 199 Å². The maximum Gasteiger partial charge on any atom is 0.193 e. The first-order valence-electron chi connectivity index (χ1n) is 11.1. The summed E-state index contributed by atoms with van der Waals surface area (Å²) in [5, 5.41) is 13.4. The van der Waals surface area contributed by atoms with Crippen LogP contribution in [0.1, 0.15) is 33.5 Å². The summed E-state index contributed by atoms with van der Waals surface area (Å²) in [5.74, 6) is -0.0424. The number of aliphatic hydroxyl groups excluding tert-OH is 1. The number of aliphatic hydroxyl groups is 1. The molecule has 0 radical (unpaired) electrons. The van der Waals surface area contributed by atoms with Gasteiger partial charge in [0.25, 0.3) is 0 Å². The molecule has 0 saturated carbocycles. The number of dihydropyridines is 1. The highest BCUT2D eigenvalue weighted by molar-refractivity contribution is 6.30. The number of rotatable bonds is 9. The third-order valence-corrected chi connectivity index (χ3v) is 6.21. The first-order chi connectivity index (χ1) is 16.1. The molecule has 0 bridgehead atoms. The summed E-state index contributed by atoms with van der Waals surface area (Å²) in [4.78, 5) is 15.4. The third-order valence-electron chi connectivity index (χ3n) is 5.89. The van der Waals surface area contributed by atoms with Crippen molar-refractivity contribution in [3.05, 3.63) is 88.1 Å². The maximum absolute atomic E-state index is 13.1. The molecule has 2 aliphatic rings. The number of anilines is 1. The Morgan fingerprint density at radius 3 is 2.88 bits per heavy atom. The van der Waals surface area contributed by atoms with Gasteiger partial charge in [0.1, 0.15) is 0 Å². The standard InChI is InChI=1S/C26H29ClN2O4/c1-32-17-18-4-2-5-20(14-18)25(31)21-7-8-24(19(15-21)10-13-30)29-12-9-22(16-29)33-26-23(27)6-3-11-28-26/h2-8,11,14-15,22,26,28,30H,9-10,12-13,16-17H2,1H3/t22-,26?/m0/s1. The van der Waals surface area contributed by atoms with E-state index in [1.807, 2.05) is 60.8 Å². The van der Waals surface area contributed by atoms with Crippen molar-refractivity contribution in [3.63, 3.8) is 0 Å². The summed E-state index contributed by atoms with van der Waals surface area (Å²) in [7, 11) is 1.64. The molecule has 2 aromatic carbocycles. The molecule has 1 fully saturated rings. The van der Waals surface area contributed by atoms with E-state index < -0.39 is 0 Å². The van der Waals surface area contributed by atoms with Gasteiger partial charge in [0, 0.05) is 43.6 Å². The molecule has 0 aliphatic carbocycles. The van der Waals surface area contributed by atoms with Gasteiger partial charge in [0.05, 0.1) is 17.7 Å². The smallest absolute Gasteiger partial charge is 0.193 e. The van der Waals surface area contributed by atoms with Crippen molar-refractivity contribution in [2.45, 2.75) is 31.8 Å². The summed E-state index contributed by atoms with van der Waals surface area (Å²) in [5.41, 5.74) is 4.17. The second-order valence-corrected chi connectivity index (χ2v) is 8.67. The fourth-order valence-corrected chi connectivity index (χ4v) is 4.48. The molecule has 0 spiro atoms. The second kappa shape index (κ2) is 11.0. The maximum atomic E-state index is 13.1. The van der Waals surface area contributed by atoms with Crippen LogP contribution in [0.5, 0.6) is 0 Å². The van der Waals surface area contributed by atoms with Crippen molar-refractivity contribution >= 4 is 23.1 Å². The number of nitrogens with zero attached hydrogens (tertiary/aromatic N) is 1. The van der Waals surface area contributed by atoms with E-state index in [-0.39, 0.29) is 24.7 Å². The van der Waals surface area contributed by atoms with E-state index in [2.05, 4.69) is 10.2 Å². The molecule has 0 aromatic heterocycles. The Balaban J connectivity index is 1.49. The van der Waals surface area contributed by atoms with Crippen LogP contribution in [0.3, 0.4) is 0 Å². The van der Waals surface area contributed by atoms with Crippen LogP contribution in [0.2, 0.25) is 0 Å². The van der Waals surface area contributed by atoms with Crippen molar-refractivity contribution in [2.24, 2.45) is 0 Å². The fraction of sp³-hybridized carbons (Fsp3) is 0.346.